The maximum Gasteiger partial charge on any atom is 0.212 e. The van der Waals surface area contributed by atoms with Crippen LogP contribution in [0.25, 0.3) is 67.5 Å². The molecule has 12 aromatic rings. The molecule has 6 heterocycles. The fourth-order valence-corrected chi connectivity index (χ4v) is 13.3. The van der Waals surface area contributed by atoms with E-state index in [2.05, 4.69) is 174 Å². The van der Waals surface area contributed by atoms with E-state index >= 15 is 0 Å². The third-order valence-electron chi connectivity index (χ3n) is 19.5. The molecule has 1 aliphatic rings. The minimum absolute atomic E-state index is 0.0554. The van der Waals surface area contributed by atoms with Crippen molar-refractivity contribution in [2.24, 2.45) is 42.3 Å². The summed E-state index contributed by atoms with van der Waals surface area (Å²) in [5, 5.41) is 0. The largest absolute Gasteiger partial charge is 0.212 e. The lowest BCUT2D eigenvalue weighted by Gasteiger charge is -2.11. The zero-order valence-corrected chi connectivity index (χ0v) is 63.7. The van der Waals surface area contributed by atoms with Crippen LogP contribution in [-0.2, 0) is 61.5 Å². The predicted molar refractivity (Wildman–Crippen MR) is 429 cm³/mol. The van der Waals surface area contributed by atoms with Gasteiger partial charge in [-0.1, -0.05) is 143 Å². The quantitative estimate of drug-likeness (QED) is 0.122. The van der Waals surface area contributed by atoms with E-state index < -0.39 is 40.2 Å². The molecule has 6 aromatic heterocycles. The van der Waals surface area contributed by atoms with Gasteiger partial charge in [0.2, 0.25) is 34.2 Å². The van der Waals surface area contributed by atoms with E-state index in [-0.39, 0.29) is 22.3 Å². The summed E-state index contributed by atoms with van der Waals surface area (Å²) in [5.74, 6) is 0.781. The molecule has 0 N–H and O–H groups in total. The van der Waals surface area contributed by atoms with Crippen molar-refractivity contribution in [1.29, 1.82) is 0 Å². The van der Waals surface area contributed by atoms with E-state index in [1.807, 2.05) is 136 Å². The third kappa shape index (κ3) is 19.8. The van der Waals surface area contributed by atoms with Crippen molar-refractivity contribution in [2.75, 3.05) is 0 Å². The van der Waals surface area contributed by atoms with Crippen LogP contribution in [0.3, 0.4) is 0 Å². The number of hydrogen-bond donors (Lipinski definition) is 0. The Morgan fingerprint density at radius 1 is 0.294 bits per heavy atom. The first-order chi connectivity index (χ1) is 55.0. The van der Waals surface area contributed by atoms with Crippen LogP contribution in [0.15, 0.2) is 225 Å². The van der Waals surface area contributed by atoms with Gasteiger partial charge in [-0.15, -0.1) is 0 Å². The number of pyridine rings is 6. The second-order valence-corrected chi connectivity index (χ2v) is 27.1. The molecule has 1 fully saturated rings. The Labute approximate surface area is 637 Å². The van der Waals surface area contributed by atoms with Crippen molar-refractivity contribution in [2.45, 2.75) is 161 Å². The Morgan fingerprint density at radius 2 is 0.588 bits per heavy atom. The van der Waals surface area contributed by atoms with Crippen LogP contribution < -0.4 is 27.4 Å². The van der Waals surface area contributed by atoms with Crippen LogP contribution in [-0.4, -0.2) is 0 Å². The van der Waals surface area contributed by atoms with Gasteiger partial charge in [0.25, 0.3) is 0 Å². The van der Waals surface area contributed by atoms with Crippen molar-refractivity contribution in [1.82, 2.24) is 0 Å². The van der Waals surface area contributed by atoms with E-state index in [1.165, 1.54) is 118 Å². The average molecular weight is 1370 g/mol. The molecule has 1 aliphatic carbocycles. The van der Waals surface area contributed by atoms with Crippen molar-refractivity contribution in [3.8, 4) is 67.5 Å². The Balaban J connectivity index is 0.000000177. The maximum absolute atomic E-state index is 7.98. The van der Waals surface area contributed by atoms with Crippen molar-refractivity contribution < 1.29 is 49.3 Å². The maximum atomic E-state index is 7.98. The van der Waals surface area contributed by atoms with Gasteiger partial charge in [0.05, 0.1) is 0 Å². The summed E-state index contributed by atoms with van der Waals surface area (Å²) in [7, 11) is 11.6. The minimum atomic E-state index is -2.48. The van der Waals surface area contributed by atoms with Gasteiger partial charge in [0.1, 0.15) is 42.3 Å². The number of aromatic nitrogens is 6. The first-order valence-electron chi connectivity index (χ1n) is 43.5. The molecule has 0 unspecified atom stereocenters. The van der Waals surface area contributed by atoms with E-state index in [1.54, 1.807) is 42.4 Å². The molecule has 6 heteroatoms. The summed E-state index contributed by atoms with van der Waals surface area (Å²) >= 11 is 0. The van der Waals surface area contributed by atoms with Gasteiger partial charge in [-0.25, -0.2) is 27.4 Å². The van der Waals surface area contributed by atoms with Crippen LogP contribution >= 0.6 is 0 Å². The molecular weight excluding hydrogens is 1240 g/mol. The van der Waals surface area contributed by atoms with E-state index in [0.717, 1.165) is 73.9 Å². The molecule has 0 radical (unpaired) electrons. The van der Waals surface area contributed by atoms with E-state index in [0.29, 0.717) is 11.3 Å². The molecule has 0 spiro atoms. The van der Waals surface area contributed by atoms with Gasteiger partial charge in [-0.05, 0) is 231 Å². The molecule has 13 rings (SSSR count). The normalized spacial score (nSPS) is 14.6. The van der Waals surface area contributed by atoms with Gasteiger partial charge in [0, 0.05) is 126 Å². The third-order valence-corrected chi connectivity index (χ3v) is 19.5. The number of aryl methyl sites for hydroxylation is 22. The summed E-state index contributed by atoms with van der Waals surface area (Å²) in [6.07, 6.45) is 14.6. The van der Waals surface area contributed by atoms with Crippen molar-refractivity contribution in [3.05, 3.63) is 320 Å². The Bertz CT molecular complexity index is 5270. The Morgan fingerprint density at radius 3 is 0.941 bits per heavy atom. The summed E-state index contributed by atoms with van der Waals surface area (Å²) in [5.41, 5.74) is 27.5. The molecule has 6 aromatic carbocycles. The van der Waals surface area contributed by atoms with Crippen LogP contribution in [0.5, 0.6) is 0 Å². The number of benzene rings is 6. The van der Waals surface area contributed by atoms with Crippen molar-refractivity contribution >= 4 is 0 Å². The standard InChI is InChI=1S/C18H22N.3C16H20N.2C15H18N/c1-14-7-3-6-10-17(14)18-13-16(11-12-19(18)2)15-8-4-5-9-15;1-5-14-10-16(17(4)11-13(14)3)15-9-7-6-8-12(15)2;2*1-5-14-11-17(4)16(10-13(14)3)15-9-7-6-8-12(15)2;2*1-11-7-5-6-8-14(11)15-9-12(2)13(3)10-16(15)4/h3,6-7,10-13,15H,4-5,8-9H2,1-2H3;3*6-11H,5H2,1-4H3;2*5-10H,1-4H3/q6*+1/i;3D3,5D2;5D2;;2D3,3D3;3D3. The summed E-state index contributed by atoms with van der Waals surface area (Å²) in [6, 6.07) is 63.1. The first kappa shape index (κ1) is 57.8. The molecule has 0 bridgehead atoms. The second-order valence-electron chi connectivity index (χ2n) is 27.1. The molecule has 102 heavy (non-hydrogen) atoms. The number of rotatable bonds is 10. The monoisotopic (exact) mass is 1370 g/mol. The van der Waals surface area contributed by atoms with Crippen LogP contribution in [0, 0.1) is 89.7 Å². The summed E-state index contributed by atoms with van der Waals surface area (Å²) in [6.45, 7) is 14.3. The van der Waals surface area contributed by atoms with Crippen molar-refractivity contribution in [3.63, 3.8) is 0 Å². The first-order valence-corrected chi connectivity index (χ1v) is 35.5. The van der Waals surface area contributed by atoms with Gasteiger partial charge in [0.15, 0.2) is 37.2 Å². The highest BCUT2D eigenvalue weighted by atomic mass is 14.9. The Hall–Kier alpha value is -9.78. The lowest BCUT2D eigenvalue weighted by Crippen LogP contribution is -2.32. The zero-order chi connectivity index (χ0) is 87.5. The number of nitrogens with zero attached hydrogens (tertiary/aromatic N) is 6. The van der Waals surface area contributed by atoms with E-state index in [4.69, 9.17) is 21.9 Å². The fourth-order valence-electron chi connectivity index (χ4n) is 13.3. The summed E-state index contributed by atoms with van der Waals surface area (Å²) < 4.78 is 135. The zero-order valence-electron chi connectivity index (χ0n) is 79.7. The second kappa shape index (κ2) is 36.7. The van der Waals surface area contributed by atoms with Crippen LogP contribution in [0.4, 0.5) is 0 Å². The average Bonchev–Trinajstić information content (AvgIpc) is 0.879. The van der Waals surface area contributed by atoms with Gasteiger partial charge in [-0.3, -0.25) is 0 Å². The molecule has 0 aliphatic heterocycles. The highest BCUT2D eigenvalue weighted by Crippen LogP contribution is 2.35. The van der Waals surface area contributed by atoms with Gasteiger partial charge >= 0.3 is 0 Å². The smallest absolute Gasteiger partial charge is 0.201 e. The molecule has 0 saturated heterocycles. The molecule has 0 amide bonds. The lowest BCUT2D eigenvalue weighted by molar-refractivity contribution is -0.661. The van der Waals surface area contributed by atoms with Crippen LogP contribution in [0.2, 0.25) is 0 Å². The molecular formula is C96H118N6+6. The van der Waals surface area contributed by atoms with Gasteiger partial charge in [-0.2, -0.15) is 0 Å². The predicted octanol–water partition coefficient (Wildman–Crippen LogP) is 20.4. The molecule has 6 nitrogen and oxygen atoms in total. The number of hydrogen-bond acceptors (Lipinski definition) is 0. The SMILES string of the molecule is CCc1c[n+](C)c(-c2ccccc2C)cc1C.Cc1ccccc1-c1cc(C2CCCC2)cc[n+]1C.[2H]C([2H])(C)c1c[n+](C)c(-c2ccccc2C)cc1C.[2H]C([2H])([2H])c1c[n+](C)c(-c2ccccc2C)cc1C.[2H]C([2H])([2H])c1c[n+](C)c(-c2ccccc2C)cc1C([2H])([2H])C.[2H]C([2H])([2H])c1cc(-c2ccccc2C)[n+](C)cc1C([2H])([2H])[2H]. The highest BCUT2D eigenvalue weighted by molar-refractivity contribution is 5.66. The topological polar surface area (TPSA) is 23.3 Å². The Kier molecular flexibility index (Phi) is 20.8. The van der Waals surface area contributed by atoms with E-state index in [9.17, 15) is 0 Å². The van der Waals surface area contributed by atoms with Gasteiger partial charge < -0.3 is 0 Å². The highest BCUT2D eigenvalue weighted by Gasteiger charge is 2.23. The lowest BCUT2D eigenvalue weighted by atomic mass is 9.95. The molecule has 0 atom stereocenters. The van der Waals surface area contributed by atoms with Crippen LogP contribution in [0.1, 0.15) is 169 Å². The molecule has 1 saturated carbocycles. The molecule has 526 valence electrons. The summed E-state index contributed by atoms with van der Waals surface area (Å²) in [4.78, 5) is 0. The minimum Gasteiger partial charge on any atom is -0.201 e. The fraction of sp³-hybridized carbons (Fsp3) is 0.312.